The SMILES string of the molecule is N#CC1(CNCCc2ccc3c(c2)OCO3)COC1. The first-order valence-corrected chi connectivity index (χ1v) is 6.40. The fraction of sp³-hybridized carbons (Fsp3) is 0.500. The van der Waals surface area contributed by atoms with Gasteiger partial charge < -0.3 is 19.5 Å². The van der Waals surface area contributed by atoms with E-state index in [9.17, 15) is 0 Å². The van der Waals surface area contributed by atoms with Crippen LogP contribution in [0.25, 0.3) is 0 Å². The second kappa shape index (κ2) is 5.08. The number of benzene rings is 1. The van der Waals surface area contributed by atoms with E-state index < -0.39 is 0 Å². The second-order valence-corrected chi connectivity index (χ2v) is 5.00. The summed E-state index contributed by atoms with van der Waals surface area (Å²) in [7, 11) is 0. The highest BCUT2D eigenvalue weighted by atomic mass is 16.7. The zero-order valence-electron chi connectivity index (χ0n) is 10.6. The van der Waals surface area contributed by atoms with Crippen molar-refractivity contribution >= 4 is 0 Å². The molecule has 2 heterocycles. The Labute approximate surface area is 112 Å². The number of ether oxygens (including phenoxy) is 3. The van der Waals surface area contributed by atoms with Crippen LogP contribution in [0.15, 0.2) is 18.2 Å². The van der Waals surface area contributed by atoms with Gasteiger partial charge in [-0.05, 0) is 30.7 Å². The first-order chi connectivity index (χ1) is 9.31. The number of rotatable bonds is 5. The molecule has 19 heavy (non-hydrogen) atoms. The summed E-state index contributed by atoms with van der Waals surface area (Å²) in [6, 6.07) is 8.32. The van der Waals surface area contributed by atoms with Gasteiger partial charge in [-0.25, -0.2) is 0 Å². The van der Waals surface area contributed by atoms with Gasteiger partial charge >= 0.3 is 0 Å². The molecule has 1 N–H and O–H groups in total. The molecule has 5 heteroatoms. The molecule has 2 aliphatic heterocycles. The third kappa shape index (κ3) is 2.50. The van der Waals surface area contributed by atoms with Crippen LogP contribution in [0.4, 0.5) is 0 Å². The van der Waals surface area contributed by atoms with Gasteiger partial charge in [0.1, 0.15) is 5.41 Å². The Morgan fingerprint density at radius 1 is 1.26 bits per heavy atom. The molecule has 0 spiro atoms. The smallest absolute Gasteiger partial charge is 0.231 e. The summed E-state index contributed by atoms with van der Waals surface area (Å²) in [5.74, 6) is 1.63. The Bertz CT molecular complexity index is 506. The summed E-state index contributed by atoms with van der Waals surface area (Å²) in [5, 5.41) is 12.4. The van der Waals surface area contributed by atoms with Gasteiger partial charge in [-0.2, -0.15) is 5.26 Å². The Balaban J connectivity index is 1.46. The molecule has 0 aromatic heterocycles. The number of nitrogens with zero attached hydrogens (tertiary/aromatic N) is 1. The molecule has 0 unspecified atom stereocenters. The van der Waals surface area contributed by atoms with Crippen molar-refractivity contribution in [2.45, 2.75) is 6.42 Å². The molecule has 1 aromatic carbocycles. The third-order valence-corrected chi connectivity index (χ3v) is 3.48. The van der Waals surface area contributed by atoms with Crippen LogP contribution < -0.4 is 14.8 Å². The summed E-state index contributed by atoms with van der Waals surface area (Å²) in [5.41, 5.74) is 0.891. The van der Waals surface area contributed by atoms with Gasteiger partial charge in [-0.15, -0.1) is 0 Å². The zero-order valence-corrected chi connectivity index (χ0v) is 10.6. The van der Waals surface area contributed by atoms with Gasteiger partial charge in [-0.3, -0.25) is 0 Å². The van der Waals surface area contributed by atoms with Crippen molar-refractivity contribution in [1.82, 2.24) is 5.32 Å². The van der Waals surface area contributed by atoms with Crippen LogP contribution in [0, 0.1) is 16.7 Å². The Morgan fingerprint density at radius 3 is 2.84 bits per heavy atom. The van der Waals surface area contributed by atoms with Crippen LogP contribution in [0.5, 0.6) is 11.5 Å². The molecule has 100 valence electrons. The van der Waals surface area contributed by atoms with Crippen LogP contribution in [0.2, 0.25) is 0 Å². The fourth-order valence-electron chi connectivity index (χ4n) is 2.21. The molecule has 2 aliphatic rings. The average molecular weight is 260 g/mol. The van der Waals surface area contributed by atoms with Gasteiger partial charge in [0.15, 0.2) is 11.5 Å². The maximum atomic E-state index is 9.06. The number of fused-ring (bicyclic) bond motifs is 1. The van der Waals surface area contributed by atoms with E-state index in [0.717, 1.165) is 24.5 Å². The van der Waals surface area contributed by atoms with E-state index in [1.165, 1.54) is 5.56 Å². The molecule has 5 nitrogen and oxygen atoms in total. The monoisotopic (exact) mass is 260 g/mol. The highest BCUT2D eigenvalue weighted by Gasteiger charge is 2.38. The second-order valence-electron chi connectivity index (χ2n) is 5.00. The van der Waals surface area contributed by atoms with Crippen molar-refractivity contribution in [1.29, 1.82) is 5.26 Å². The topological polar surface area (TPSA) is 63.5 Å². The largest absolute Gasteiger partial charge is 0.454 e. The number of hydrogen-bond acceptors (Lipinski definition) is 5. The minimum Gasteiger partial charge on any atom is -0.454 e. The normalized spacial score (nSPS) is 18.7. The molecule has 3 rings (SSSR count). The number of nitrogens with one attached hydrogen (secondary N) is 1. The van der Waals surface area contributed by atoms with Crippen LogP contribution in [-0.2, 0) is 11.2 Å². The minimum atomic E-state index is -0.311. The lowest BCUT2D eigenvalue weighted by Crippen LogP contribution is -2.48. The molecule has 0 atom stereocenters. The third-order valence-electron chi connectivity index (χ3n) is 3.48. The lowest BCUT2D eigenvalue weighted by atomic mass is 9.88. The van der Waals surface area contributed by atoms with Crippen LogP contribution >= 0.6 is 0 Å². The van der Waals surface area contributed by atoms with Gasteiger partial charge in [0, 0.05) is 6.54 Å². The van der Waals surface area contributed by atoms with Gasteiger partial charge in [0.2, 0.25) is 6.79 Å². The van der Waals surface area contributed by atoms with E-state index >= 15 is 0 Å². The average Bonchev–Trinajstić information content (AvgIpc) is 2.84. The van der Waals surface area contributed by atoms with E-state index in [-0.39, 0.29) is 5.41 Å². The van der Waals surface area contributed by atoms with Gasteiger partial charge in [-0.1, -0.05) is 6.07 Å². The van der Waals surface area contributed by atoms with E-state index in [4.69, 9.17) is 19.5 Å². The van der Waals surface area contributed by atoms with Crippen molar-refractivity contribution in [3.8, 4) is 17.6 Å². The maximum Gasteiger partial charge on any atom is 0.231 e. The first kappa shape index (κ1) is 12.3. The molecule has 0 aliphatic carbocycles. The fourth-order valence-corrected chi connectivity index (χ4v) is 2.21. The van der Waals surface area contributed by atoms with Gasteiger partial charge in [0.25, 0.3) is 0 Å². The molecular formula is C14H16N2O3. The standard InChI is InChI=1S/C14H16N2O3/c15-6-14(8-17-9-14)7-16-4-3-11-1-2-12-13(5-11)19-10-18-12/h1-2,5,16H,3-4,7-10H2. The van der Waals surface area contributed by atoms with E-state index in [1.807, 2.05) is 18.2 Å². The lowest BCUT2D eigenvalue weighted by molar-refractivity contribution is -0.0752. The lowest BCUT2D eigenvalue weighted by Gasteiger charge is -2.35. The minimum absolute atomic E-state index is 0.307. The molecule has 0 amide bonds. The molecule has 1 aromatic rings. The highest BCUT2D eigenvalue weighted by Crippen LogP contribution is 2.32. The highest BCUT2D eigenvalue weighted by molar-refractivity contribution is 5.44. The van der Waals surface area contributed by atoms with Crippen LogP contribution in [-0.4, -0.2) is 33.1 Å². The maximum absolute atomic E-state index is 9.06. The van der Waals surface area contributed by atoms with Crippen LogP contribution in [0.3, 0.4) is 0 Å². The van der Waals surface area contributed by atoms with Crippen LogP contribution in [0.1, 0.15) is 5.56 Å². The Morgan fingerprint density at radius 2 is 2.11 bits per heavy atom. The molecule has 0 radical (unpaired) electrons. The van der Waals surface area contributed by atoms with E-state index in [2.05, 4.69) is 11.4 Å². The molecule has 1 saturated heterocycles. The number of nitriles is 1. The quantitative estimate of drug-likeness (QED) is 0.803. The van der Waals surface area contributed by atoms with E-state index in [1.54, 1.807) is 0 Å². The summed E-state index contributed by atoms with van der Waals surface area (Å²) in [4.78, 5) is 0. The summed E-state index contributed by atoms with van der Waals surface area (Å²) in [6.45, 7) is 2.92. The van der Waals surface area contributed by atoms with Crippen molar-refractivity contribution in [2.75, 3.05) is 33.1 Å². The van der Waals surface area contributed by atoms with Crippen molar-refractivity contribution in [3.63, 3.8) is 0 Å². The van der Waals surface area contributed by atoms with E-state index in [0.29, 0.717) is 26.6 Å². The number of hydrogen-bond donors (Lipinski definition) is 1. The zero-order chi connectivity index (χ0) is 13.1. The molecule has 0 bridgehead atoms. The predicted octanol–water partition coefficient (Wildman–Crippen LogP) is 1.09. The molecule has 1 fully saturated rings. The summed E-state index contributed by atoms with van der Waals surface area (Å²) >= 11 is 0. The van der Waals surface area contributed by atoms with Crippen molar-refractivity contribution in [2.24, 2.45) is 5.41 Å². The Hall–Kier alpha value is -1.77. The predicted molar refractivity (Wildman–Crippen MR) is 68.0 cm³/mol. The molecule has 0 saturated carbocycles. The Kier molecular flexibility index (Phi) is 3.28. The van der Waals surface area contributed by atoms with Crippen molar-refractivity contribution < 1.29 is 14.2 Å². The van der Waals surface area contributed by atoms with Gasteiger partial charge in [0.05, 0.1) is 19.3 Å². The van der Waals surface area contributed by atoms with Crippen molar-refractivity contribution in [3.05, 3.63) is 23.8 Å². The first-order valence-electron chi connectivity index (χ1n) is 6.40. The molecular weight excluding hydrogens is 244 g/mol. The summed E-state index contributed by atoms with van der Waals surface area (Å²) < 4.78 is 15.7. The summed E-state index contributed by atoms with van der Waals surface area (Å²) in [6.07, 6.45) is 0.902.